The average molecular weight is 410 g/mol. The van der Waals surface area contributed by atoms with Gasteiger partial charge in [-0.3, -0.25) is 4.79 Å². The van der Waals surface area contributed by atoms with Crippen molar-refractivity contribution < 1.29 is 19.4 Å². The molecule has 28 heavy (non-hydrogen) atoms. The monoisotopic (exact) mass is 409 g/mol. The van der Waals surface area contributed by atoms with Gasteiger partial charge < -0.3 is 9.84 Å². The van der Waals surface area contributed by atoms with Crippen molar-refractivity contribution in [3.8, 4) is 5.40 Å². The lowest BCUT2D eigenvalue weighted by Gasteiger charge is -2.38. The van der Waals surface area contributed by atoms with E-state index in [2.05, 4.69) is 33.8 Å². The Kier molecular flexibility index (Phi) is 9.56. The predicted molar refractivity (Wildman–Crippen MR) is 113 cm³/mol. The fourth-order valence-electron chi connectivity index (χ4n) is 4.61. The van der Waals surface area contributed by atoms with Gasteiger partial charge in [0.05, 0.1) is 6.61 Å². The molecule has 0 amide bonds. The number of hydrogen-bond acceptors (Lipinski definition) is 5. The number of carboxylic acid groups (broad SMARTS) is 1. The van der Waals surface area contributed by atoms with Gasteiger partial charge in [-0.05, 0) is 67.0 Å². The minimum absolute atomic E-state index is 0.115. The highest BCUT2D eigenvalue weighted by Crippen LogP contribution is 2.68. The van der Waals surface area contributed by atoms with E-state index in [1.807, 2.05) is 6.92 Å². The molecule has 0 aromatic carbocycles. The standard InChI is InChI=1S/C19H32O2.C3H3NO2S/c1-6-7-8-11-21-17(20)14(2)12-16-13-15-9-10-19(16,5)18(15,3)4;4-2-7-1-3(5)6/h12,15-16H,6-11,13H2,1-5H3;1H2,(H,5,6)/t15-,16?,19-;/m1./s1. The quantitative estimate of drug-likeness (QED) is 0.249. The maximum atomic E-state index is 12.1. The Morgan fingerprint density at radius 3 is 2.43 bits per heavy atom. The highest BCUT2D eigenvalue weighted by Gasteiger charge is 2.60. The first kappa shape index (κ1) is 24.6. The number of unbranched alkanes of at least 4 members (excludes halogenated alkanes) is 2. The molecule has 2 rings (SSSR count). The molecular weight excluding hydrogens is 374 g/mol. The van der Waals surface area contributed by atoms with Crippen LogP contribution < -0.4 is 0 Å². The van der Waals surface area contributed by atoms with Crippen molar-refractivity contribution in [2.24, 2.45) is 22.7 Å². The number of carbonyl (C=O) groups is 2. The smallest absolute Gasteiger partial charge is 0.333 e. The highest BCUT2D eigenvalue weighted by molar-refractivity contribution is 8.04. The second-order valence-electron chi connectivity index (χ2n) is 8.68. The molecule has 0 spiro atoms. The van der Waals surface area contributed by atoms with Crippen LogP contribution in [0.1, 0.15) is 73.1 Å². The summed E-state index contributed by atoms with van der Waals surface area (Å²) < 4.78 is 5.37. The summed E-state index contributed by atoms with van der Waals surface area (Å²) in [5, 5.41) is 17.3. The van der Waals surface area contributed by atoms with Crippen molar-refractivity contribution in [3.63, 3.8) is 0 Å². The Morgan fingerprint density at radius 1 is 1.32 bits per heavy atom. The average Bonchev–Trinajstić information content (AvgIpc) is 2.97. The van der Waals surface area contributed by atoms with Gasteiger partial charge in [-0.15, -0.1) is 0 Å². The zero-order chi connectivity index (χ0) is 21.4. The fourth-order valence-corrected chi connectivity index (χ4v) is 4.80. The summed E-state index contributed by atoms with van der Waals surface area (Å²) in [5.41, 5.74) is 1.56. The number of fused-ring (bicyclic) bond motifs is 2. The highest BCUT2D eigenvalue weighted by atomic mass is 32.2. The number of esters is 1. The second-order valence-corrected chi connectivity index (χ2v) is 9.44. The number of allylic oxidation sites excluding steroid dienone is 1. The number of nitriles is 1. The van der Waals surface area contributed by atoms with Crippen LogP contribution in [-0.4, -0.2) is 29.4 Å². The Labute approximate surface area is 173 Å². The molecule has 0 saturated heterocycles. The molecule has 2 bridgehead atoms. The van der Waals surface area contributed by atoms with Gasteiger partial charge >= 0.3 is 11.9 Å². The van der Waals surface area contributed by atoms with E-state index >= 15 is 0 Å². The van der Waals surface area contributed by atoms with E-state index in [0.29, 0.717) is 23.4 Å². The summed E-state index contributed by atoms with van der Waals surface area (Å²) >= 11 is 0.722. The van der Waals surface area contributed by atoms with Gasteiger partial charge in [-0.25, -0.2) is 4.79 Å². The molecule has 2 aliphatic rings. The van der Waals surface area contributed by atoms with E-state index in [1.165, 1.54) is 19.3 Å². The number of thiocyanates is 1. The maximum Gasteiger partial charge on any atom is 0.333 e. The number of aliphatic carboxylic acids is 1. The molecule has 0 heterocycles. The number of ether oxygens (including phenoxy) is 1. The van der Waals surface area contributed by atoms with Gasteiger partial charge in [0.1, 0.15) is 11.2 Å². The lowest BCUT2D eigenvalue weighted by atomic mass is 9.66. The number of rotatable bonds is 8. The van der Waals surface area contributed by atoms with E-state index < -0.39 is 5.97 Å². The lowest BCUT2D eigenvalue weighted by Crippen LogP contribution is -2.31. The second kappa shape index (κ2) is 10.9. The van der Waals surface area contributed by atoms with Crippen molar-refractivity contribution in [3.05, 3.63) is 11.6 Å². The molecule has 6 heteroatoms. The SMILES string of the molecule is CCCCCOC(=O)C(C)=CC1C[C@H]2CC[C@@]1(C)C2(C)C.N#CSCC(=O)O. The first-order valence-corrected chi connectivity index (χ1v) is 11.2. The van der Waals surface area contributed by atoms with Crippen LogP contribution in [0.4, 0.5) is 0 Å². The molecule has 2 saturated carbocycles. The number of hydrogen-bond donors (Lipinski definition) is 1. The largest absolute Gasteiger partial charge is 0.481 e. The molecule has 0 radical (unpaired) electrons. The van der Waals surface area contributed by atoms with E-state index in [-0.39, 0.29) is 11.7 Å². The fraction of sp³-hybridized carbons (Fsp3) is 0.773. The summed E-state index contributed by atoms with van der Waals surface area (Å²) in [6, 6.07) is 0. The lowest BCUT2D eigenvalue weighted by molar-refractivity contribution is -0.139. The van der Waals surface area contributed by atoms with Gasteiger partial charge in [-0.2, -0.15) is 5.26 Å². The zero-order valence-electron chi connectivity index (χ0n) is 17.9. The minimum atomic E-state index is -0.952. The molecule has 5 nitrogen and oxygen atoms in total. The molecule has 1 N–H and O–H groups in total. The third-order valence-corrected chi connectivity index (χ3v) is 7.40. The van der Waals surface area contributed by atoms with Crippen LogP contribution in [0.15, 0.2) is 11.6 Å². The van der Waals surface area contributed by atoms with Crippen LogP contribution in [0.25, 0.3) is 0 Å². The summed E-state index contributed by atoms with van der Waals surface area (Å²) in [6.45, 7) is 11.9. The normalized spacial score (nSPS) is 27.5. The van der Waals surface area contributed by atoms with Gasteiger partial charge in [0.15, 0.2) is 0 Å². The van der Waals surface area contributed by atoms with Gasteiger partial charge in [0.2, 0.25) is 0 Å². The summed E-state index contributed by atoms with van der Waals surface area (Å²) in [5.74, 6) is 0.157. The van der Waals surface area contributed by atoms with Gasteiger partial charge in [0, 0.05) is 5.57 Å². The third kappa shape index (κ3) is 6.01. The van der Waals surface area contributed by atoms with Gasteiger partial charge in [-0.1, -0.05) is 46.6 Å². The number of thioether (sulfide) groups is 1. The van der Waals surface area contributed by atoms with E-state index in [4.69, 9.17) is 15.1 Å². The Balaban J connectivity index is 0.000000480. The predicted octanol–water partition coefficient (Wildman–Crippen LogP) is 5.41. The molecule has 2 aliphatic carbocycles. The van der Waals surface area contributed by atoms with Crippen molar-refractivity contribution in [2.75, 3.05) is 12.4 Å². The molecule has 0 aromatic heterocycles. The summed E-state index contributed by atoms with van der Waals surface area (Å²) in [4.78, 5) is 21.7. The van der Waals surface area contributed by atoms with E-state index in [9.17, 15) is 9.59 Å². The summed E-state index contributed by atoms with van der Waals surface area (Å²) in [7, 11) is 0. The number of nitrogens with zero attached hydrogens (tertiary/aromatic N) is 1. The number of carbonyl (C=O) groups excluding carboxylic acids is 1. The topological polar surface area (TPSA) is 87.4 Å². The first-order valence-electron chi connectivity index (χ1n) is 10.2. The van der Waals surface area contributed by atoms with Crippen molar-refractivity contribution >= 4 is 23.7 Å². The Hall–Kier alpha value is -1.48. The third-order valence-electron chi connectivity index (χ3n) is 6.88. The zero-order valence-corrected chi connectivity index (χ0v) is 18.7. The Bertz CT molecular complexity index is 623. The van der Waals surface area contributed by atoms with Crippen LogP contribution in [0.5, 0.6) is 0 Å². The maximum absolute atomic E-state index is 12.1. The molecule has 3 atom stereocenters. The van der Waals surface area contributed by atoms with Crippen molar-refractivity contribution in [1.82, 2.24) is 0 Å². The molecule has 1 unspecified atom stereocenters. The van der Waals surface area contributed by atoms with Crippen LogP contribution in [-0.2, 0) is 14.3 Å². The van der Waals surface area contributed by atoms with Crippen LogP contribution >= 0.6 is 11.8 Å². The van der Waals surface area contributed by atoms with Crippen LogP contribution in [0.2, 0.25) is 0 Å². The molecule has 0 aromatic rings. The van der Waals surface area contributed by atoms with E-state index in [1.54, 1.807) is 5.40 Å². The van der Waals surface area contributed by atoms with Crippen molar-refractivity contribution in [2.45, 2.75) is 73.1 Å². The first-order chi connectivity index (χ1) is 13.1. The molecular formula is C22H35NO4S. The van der Waals surface area contributed by atoms with E-state index in [0.717, 1.165) is 42.5 Å². The molecule has 158 valence electrons. The Morgan fingerprint density at radius 2 is 2.00 bits per heavy atom. The van der Waals surface area contributed by atoms with Crippen LogP contribution in [0, 0.1) is 33.3 Å². The van der Waals surface area contributed by atoms with Crippen molar-refractivity contribution in [1.29, 1.82) is 5.26 Å². The minimum Gasteiger partial charge on any atom is -0.481 e. The molecule has 0 aliphatic heterocycles. The molecule has 2 fully saturated rings. The summed E-state index contributed by atoms with van der Waals surface area (Å²) in [6.07, 6.45) is 9.37. The van der Waals surface area contributed by atoms with Gasteiger partial charge in [0.25, 0.3) is 0 Å². The van der Waals surface area contributed by atoms with Crippen LogP contribution in [0.3, 0.4) is 0 Å². The number of carboxylic acids is 1.